The van der Waals surface area contributed by atoms with E-state index >= 15 is 0 Å². The first-order chi connectivity index (χ1) is 4.72. The van der Waals surface area contributed by atoms with Crippen LogP contribution in [-0.2, 0) is 0 Å². The number of aliphatic hydroxyl groups is 2. The van der Waals surface area contributed by atoms with Crippen molar-refractivity contribution in [2.45, 2.75) is 6.29 Å². The first-order valence-electron chi connectivity index (χ1n) is 2.82. The molecule has 0 fully saturated rings. The Labute approximate surface area is 63.7 Å². The van der Waals surface area contributed by atoms with E-state index in [9.17, 15) is 0 Å². The van der Waals surface area contributed by atoms with Crippen molar-refractivity contribution < 1.29 is 10.2 Å². The van der Waals surface area contributed by atoms with E-state index < -0.39 is 6.29 Å². The minimum Gasteiger partial charge on any atom is -0.364 e. The molecular weight excluding hydrogens is 152 g/mol. The van der Waals surface area contributed by atoms with Crippen molar-refractivity contribution in [1.82, 2.24) is 0 Å². The van der Waals surface area contributed by atoms with Crippen molar-refractivity contribution in [2.24, 2.45) is 0 Å². The minimum absolute atomic E-state index is 0.337. The van der Waals surface area contributed by atoms with Gasteiger partial charge in [0, 0.05) is 10.6 Å². The molecule has 0 radical (unpaired) electrons. The minimum atomic E-state index is -1.48. The van der Waals surface area contributed by atoms with Crippen LogP contribution >= 0.6 is 11.6 Å². The van der Waals surface area contributed by atoms with Gasteiger partial charge in [-0.05, 0) is 6.07 Å². The fraction of sp³-hybridized carbons (Fsp3) is 0.143. The van der Waals surface area contributed by atoms with Gasteiger partial charge in [0.15, 0.2) is 6.29 Å². The lowest BCUT2D eigenvalue weighted by atomic mass is 10.2. The molecule has 0 saturated carbocycles. The molecule has 0 aliphatic heterocycles. The quantitative estimate of drug-likeness (QED) is 0.606. The summed E-state index contributed by atoms with van der Waals surface area (Å²) in [6.07, 6.45) is -1.48. The van der Waals surface area contributed by atoms with Crippen LogP contribution in [0.3, 0.4) is 0 Å². The van der Waals surface area contributed by atoms with Gasteiger partial charge in [-0.1, -0.05) is 29.8 Å². The number of hydrogen-bond donors (Lipinski definition) is 2. The molecule has 0 heterocycles. The highest BCUT2D eigenvalue weighted by molar-refractivity contribution is 6.31. The molecule has 0 aliphatic rings. The van der Waals surface area contributed by atoms with Crippen molar-refractivity contribution in [1.29, 1.82) is 0 Å². The molecule has 0 spiro atoms. The van der Waals surface area contributed by atoms with Gasteiger partial charge in [0.2, 0.25) is 0 Å². The summed E-state index contributed by atoms with van der Waals surface area (Å²) in [5, 5.41) is 17.7. The number of halogens is 1. The van der Waals surface area contributed by atoms with Crippen LogP contribution < -0.4 is 0 Å². The van der Waals surface area contributed by atoms with Crippen LogP contribution in [0.15, 0.2) is 24.3 Å². The molecule has 1 rings (SSSR count). The van der Waals surface area contributed by atoms with E-state index in [2.05, 4.69) is 0 Å². The predicted octanol–water partition coefficient (Wildman–Crippen LogP) is 1.32. The van der Waals surface area contributed by atoms with Gasteiger partial charge < -0.3 is 10.2 Å². The van der Waals surface area contributed by atoms with E-state index in [1.54, 1.807) is 24.3 Å². The van der Waals surface area contributed by atoms with E-state index in [4.69, 9.17) is 21.8 Å². The van der Waals surface area contributed by atoms with E-state index in [1.807, 2.05) is 0 Å². The number of hydrogen-bond acceptors (Lipinski definition) is 2. The number of rotatable bonds is 1. The highest BCUT2D eigenvalue weighted by atomic mass is 35.5. The Kier molecular flexibility index (Phi) is 2.27. The van der Waals surface area contributed by atoms with Gasteiger partial charge in [0.05, 0.1) is 0 Å². The highest BCUT2D eigenvalue weighted by Crippen LogP contribution is 2.19. The largest absolute Gasteiger partial charge is 0.364 e. The first-order valence-corrected chi connectivity index (χ1v) is 3.20. The topological polar surface area (TPSA) is 40.5 Å². The van der Waals surface area contributed by atoms with Crippen LogP contribution in [0.5, 0.6) is 0 Å². The van der Waals surface area contributed by atoms with Gasteiger partial charge in [0.25, 0.3) is 0 Å². The molecule has 1 aromatic carbocycles. The van der Waals surface area contributed by atoms with E-state index in [1.165, 1.54) is 0 Å². The van der Waals surface area contributed by atoms with E-state index in [-0.39, 0.29) is 0 Å². The van der Waals surface area contributed by atoms with Gasteiger partial charge in [-0.2, -0.15) is 0 Å². The monoisotopic (exact) mass is 158 g/mol. The summed E-state index contributed by atoms with van der Waals surface area (Å²) in [5.74, 6) is 0. The third-order valence-electron chi connectivity index (χ3n) is 1.18. The molecule has 54 valence electrons. The maximum atomic E-state index is 8.68. The third kappa shape index (κ3) is 1.48. The number of benzene rings is 1. The SMILES string of the molecule is OC(O)c1ccccc1Cl. The summed E-state index contributed by atoms with van der Waals surface area (Å²) in [7, 11) is 0. The lowest BCUT2D eigenvalue weighted by Crippen LogP contribution is -1.94. The lowest BCUT2D eigenvalue weighted by Gasteiger charge is -2.03. The molecule has 10 heavy (non-hydrogen) atoms. The molecular formula is C7H7ClO2. The van der Waals surface area contributed by atoms with Crippen LogP contribution in [0, 0.1) is 0 Å². The molecule has 3 heteroatoms. The van der Waals surface area contributed by atoms with Gasteiger partial charge in [-0.3, -0.25) is 0 Å². The van der Waals surface area contributed by atoms with Crippen LogP contribution in [0.2, 0.25) is 5.02 Å². The molecule has 0 saturated heterocycles. The Morgan fingerprint density at radius 1 is 1.20 bits per heavy atom. The van der Waals surface area contributed by atoms with Gasteiger partial charge in [-0.15, -0.1) is 0 Å². The standard InChI is InChI=1S/C7H7ClO2/c8-6-4-2-1-3-5(6)7(9)10/h1-4,7,9-10H. The molecule has 0 aliphatic carbocycles. The summed E-state index contributed by atoms with van der Waals surface area (Å²) in [5.41, 5.74) is 0.337. The maximum absolute atomic E-state index is 8.68. The Balaban J connectivity index is 3.03. The van der Waals surface area contributed by atoms with Crippen molar-refractivity contribution in [3.63, 3.8) is 0 Å². The Morgan fingerprint density at radius 3 is 2.20 bits per heavy atom. The zero-order chi connectivity index (χ0) is 7.56. The Hall–Kier alpha value is -0.570. The molecule has 0 unspecified atom stereocenters. The summed E-state index contributed by atoms with van der Waals surface area (Å²) < 4.78 is 0. The van der Waals surface area contributed by atoms with Crippen LogP contribution in [0.4, 0.5) is 0 Å². The predicted molar refractivity (Wildman–Crippen MR) is 38.6 cm³/mol. The van der Waals surface area contributed by atoms with Gasteiger partial charge in [-0.25, -0.2) is 0 Å². The molecule has 0 amide bonds. The smallest absolute Gasteiger partial charge is 0.179 e. The van der Waals surface area contributed by atoms with Crippen molar-refractivity contribution >= 4 is 11.6 Å². The summed E-state index contributed by atoms with van der Waals surface area (Å²) >= 11 is 5.60. The third-order valence-corrected chi connectivity index (χ3v) is 1.53. The van der Waals surface area contributed by atoms with E-state index in [0.29, 0.717) is 10.6 Å². The van der Waals surface area contributed by atoms with Crippen LogP contribution in [0.1, 0.15) is 11.9 Å². The van der Waals surface area contributed by atoms with Crippen molar-refractivity contribution in [3.05, 3.63) is 34.9 Å². The van der Waals surface area contributed by atoms with Crippen molar-refractivity contribution in [3.8, 4) is 0 Å². The number of aliphatic hydroxyl groups excluding tert-OH is 1. The van der Waals surface area contributed by atoms with Gasteiger partial charge in [0.1, 0.15) is 0 Å². The second kappa shape index (κ2) is 3.01. The summed E-state index contributed by atoms with van der Waals surface area (Å²) in [6, 6.07) is 6.60. The summed E-state index contributed by atoms with van der Waals surface area (Å²) in [4.78, 5) is 0. The lowest BCUT2D eigenvalue weighted by molar-refractivity contribution is -0.0423. The van der Waals surface area contributed by atoms with Crippen LogP contribution in [-0.4, -0.2) is 10.2 Å². The molecule has 0 atom stereocenters. The first kappa shape index (κ1) is 7.54. The maximum Gasteiger partial charge on any atom is 0.179 e. The van der Waals surface area contributed by atoms with Crippen molar-refractivity contribution in [2.75, 3.05) is 0 Å². The molecule has 0 bridgehead atoms. The Bertz CT molecular complexity index is 223. The van der Waals surface area contributed by atoms with Gasteiger partial charge >= 0.3 is 0 Å². The molecule has 2 N–H and O–H groups in total. The molecule has 0 aromatic heterocycles. The highest BCUT2D eigenvalue weighted by Gasteiger charge is 2.04. The second-order valence-corrected chi connectivity index (χ2v) is 2.30. The average molecular weight is 159 g/mol. The fourth-order valence-corrected chi connectivity index (χ4v) is 0.918. The zero-order valence-corrected chi connectivity index (χ0v) is 5.92. The normalized spacial score (nSPS) is 10.4. The second-order valence-electron chi connectivity index (χ2n) is 1.90. The van der Waals surface area contributed by atoms with E-state index in [0.717, 1.165) is 0 Å². The molecule has 1 aromatic rings. The zero-order valence-electron chi connectivity index (χ0n) is 5.16. The fourth-order valence-electron chi connectivity index (χ4n) is 0.684. The summed E-state index contributed by atoms with van der Waals surface area (Å²) in [6.45, 7) is 0. The Morgan fingerprint density at radius 2 is 1.80 bits per heavy atom. The molecule has 2 nitrogen and oxygen atoms in total. The van der Waals surface area contributed by atoms with Crippen LogP contribution in [0.25, 0.3) is 0 Å². The average Bonchev–Trinajstić information content (AvgIpc) is 1.88.